The molecule has 10 heteroatoms. The molecule has 3 N–H and O–H groups in total. The predicted octanol–water partition coefficient (Wildman–Crippen LogP) is 3.03. The van der Waals surface area contributed by atoms with Gasteiger partial charge in [-0.3, -0.25) is 4.99 Å². The summed E-state index contributed by atoms with van der Waals surface area (Å²) < 4.78 is 11.0. The van der Waals surface area contributed by atoms with E-state index in [0.717, 1.165) is 51.8 Å². The van der Waals surface area contributed by atoms with Gasteiger partial charge in [-0.15, -0.1) is 24.0 Å². The molecule has 0 aromatic carbocycles. The molecule has 0 saturated carbocycles. The number of aliphatic imine (C=N–C) groups is 1. The third kappa shape index (κ3) is 9.98. The summed E-state index contributed by atoms with van der Waals surface area (Å²) in [7, 11) is 1.75. The first-order valence-corrected chi connectivity index (χ1v) is 9.59. The van der Waals surface area contributed by atoms with E-state index in [2.05, 4.69) is 25.9 Å². The van der Waals surface area contributed by atoms with Gasteiger partial charge in [0.15, 0.2) is 5.96 Å². The van der Waals surface area contributed by atoms with Crippen LogP contribution in [0, 0.1) is 5.92 Å². The van der Waals surface area contributed by atoms with Crippen LogP contribution in [0.25, 0.3) is 0 Å². The van der Waals surface area contributed by atoms with Crippen LogP contribution < -0.4 is 16.0 Å². The van der Waals surface area contributed by atoms with Gasteiger partial charge in [0.25, 0.3) is 0 Å². The summed E-state index contributed by atoms with van der Waals surface area (Å²) in [6.07, 6.45) is 3.60. The molecule has 1 aliphatic heterocycles. The molecule has 0 bridgehead atoms. The fourth-order valence-electron chi connectivity index (χ4n) is 2.47. The first-order chi connectivity index (χ1) is 12.7. The molecule has 0 radical (unpaired) electrons. The fourth-order valence-corrected chi connectivity index (χ4v) is 2.92. The number of hydrogen-bond donors (Lipinski definition) is 3. The quantitative estimate of drug-likeness (QED) is 0.186. The smallest absolute Gasteiger partial charge is 0.191 e. The molecule has 7 nitrogen and oxygen atoms in total. The summed E-state index contributed by atoms with van der Waals surface area (Å²) in [5.74, 6) is 1.94. The van der Waals surface area contributed by atoms with Gasteiger partial charge in [-0.2, -0.15) is 0 Å². The van der Waals surface area contributed by atoms with Gasteiger partial charge < -0.3 is 25.4 Å². The van der Waals surface area contributed by atoms with E-state index in [-0.39, 0.29) is 24.0 Å². The van der Waals surface area contributed by atoms with Crippen LogP contribution in [0.15, 0.2) is 17.3 Å². The first kappa shape index (κ1) is 24.5. The van der Waals surface area contributed by atoms with Gasteiger partial charge in [0.05, 0.1) is 23.3 Å². The zero-order chi connectivity index (χ0) is 18.6. The summed E-state index contributed by atoms with van der Waals surface area (Å²) in [5.41, 5.74) is 0. The van der Waals surface area contributed by atoms with Crippen molar-refractivity contribution in [2.45, 2.75) is 12.8 Å². The van der Waals surface area contributed by atoms with Gasteiger partial charge in [0.2, 0.25) is 0 Å². The number of pyridine rings is 1. The normalized spacial score (nSPS) is 16.7. The van der Waals surface area contributed by atoms with E-state index >= 15 is 0 Å². The topological polar surface area (TPSA) is 79.8 Å². The van der Waals surface area contributed by atoms with E-state index < -0.39 is 0 Å². The van der Waals surface area contributed by atoms with E-state index in [4.69, 9.17) is 32.7 Å². The Hall–Kier alpha value is -0.550. The first-order valence-electron chi connectivity index (χ1n) is 8.84. The van der Waals surface area contributed by atoms with Gasteiger partial charge in [0.1, 0.15) is 5.82 Å². The molecule has 1 unspecified atom stereocenters. The highest BCUT2D eigenvalue weighted by atomic mass is 127. The highest BCUT2D eigenvalue weighted by molar-refractivity contribution is 14.0. The second-order valence-electron chi connectivity index (χ2n) is 5.99. The molecule has 0 spiro atoms. The van der Waals surface area contributed by atoms with E-state index in [1.165, 1.54) is 0 Å². The summed E-state index contributed by atoms with van der Waals surface area (Å²) >= 11 is 11.9. The predicted molar refractivity (Wildman–Crippen MR) is 122 cm³/mol. The Balaban J connectivity index is 0.00000364. The average Bonchev–Trinajstić information content (AvgIpc) is 3.14. The molecule has 154 valence electrons. The summed E-state index contributed by atoms with van der Waals surface area (Å²) in [6, 6.07) is 1.66. The maximum atomic E-state index is 6.07. The minimum Gasteiger partial charge on any atom is -0.381 e. The summed E-state index contributed by atoms with van der Waals surface area (Å²) in [4.78, 5) is 8.34. The Morgan fingerprint density at radius 1 is 1.33 bits per heavy atom. The SMILES string of the molecule is CN=C(NCCCOCC1CCOC1)NCCNc1ncc(Cl)cc1Cl.I. The molecule has 1 aromatic heterocycles. The number of aromatic nitrogens is 1. The number of ether oxygens (including phenoxy) is 2. The molecule has 1 fully saturated rings. The molecule has 1 atom stereocenters. The highest BCUT2D eigenvalue weighted by Crippen LogP contribution is 2.21. The number of rotatable bonds is 10. The van der Waals surface area contributed by atoms with E-state index in [1.807, 2.05) is 0 Å². The number of hydrogen-bond acceptors (Lipinski definition) is 5. The Bertz CT molecular complexity index is 574. The van der Waals surface area contributed by atoms with Crippen molar-refractivity contribution >= 4 is 59.0 Å². The highest BCUT2D eigenvalue weighted by Gasteiger charge is 2.15. The monoisotopic (exact) mass is 531 g/mol. The number of nitrogens with zero attached hydrogens (tertiary/aromatic N) is 2. The third-order valence-electron chi connectivity index (χ3n) is 3.88. The molecule has 0 amide bonds. The van der Waals surface area contributed by atoms with Crippen molar-refractivity contribution in [2.24, 2.45) is 10.9 Å². The fraction of sp³-hybridized carbons (Fsp3) is 0.647. The lowest BCUT2D eigenvalue weighted by molar-refractivity contribution is 0.0888. The minimum absolute atomic E-state index is 0. The number of guanidine groups is 1. The van der Waals surface area contributed by atoms with Crippen LogP contribution in [0.2, 0.25) is 10.0 Å². The Morgan fingerprint density at radius 3 is 2.85 bits per heavy atom. The van der Waals surface area contributed by atoms with E-state index in [0.29, 0.717) is 34.9 Å². The van der Waals surface area contributed by atoms with Crippen LogP contribution >= 0.6 is 47.2 Å². The van der Waals surface area contributed by atoms with Crippen LogP contribution in [0.1, 0.15) is 12.8 Å². The number of anilines is 1. The third-order valence-corrected chi connectivity index (χ3v) is 4.37. The lowest BCUT2D eigenvalue weighted by atomic mass is 10.1. The van der Waals surface area contributed by atoms with Crippen molar-refractivity contribution in [1.82, 2.24) is 15.6 Å². The van der Waals surface area contributed by atoms with Crippen LogP contribution in [0.3, 0.4) is 0 Å². The van der Waals surface area contributed by atoms with Crippen LogP contribution in [-0.2, 0) is 9.47 Å². The molecule has 2 rings (SSSR count). The zero-order valence-electron chi connectivity index (χ0n) is 15.5. The molecule has 1 saturated heterocycles. The maximum absolute atomic E-state index is 6.07. The second-order valence-corrected chi connectivity index (χ2v) is 6.84. The molecule has 27 heavy (non-hydrogen) atoms. The summed E-state index contributed by atoms with van der Waals surface area (Å²) in [5, 5.41) is 10.7. The van der Waals surface area contributed by atoms with E-state index in [9.17, 15) is 0 Å². The van der Waals surface area contributed by atoms with Crippen LogP contribution in [0.5, 0.6) is 0 Å². The number of nitrogens with one attached hydrogen (secondary N) is 3. The zero-order valence-corrected chi connectivity index (χ0v) is 19.3. The van der Waals surface area contributed by atoms with Crippen LogP contribution in [0.4, 0.5) is 5.82 Å². The lowest BCUT2D eigenvalue weighted by Crippen LogP contribution is -2.40. The van der Waals surface area contributed by atoms with Crippen molar-refractivity contribution in [3.05, 3.63) is 22.3 Å². The Labute approximate surface area is 188 Å². The molecular weight excluding hydrogens is 504 g/mol. The van der Waals surface area contributed by atoms with Crippen LogP contribution in [-0.4, -0.2) is 64.1 Å². The van der Waals surface area contributed by atoms with Crippen molar-refractivity contribution in [3.63, 3.8) is 0 Å². The van der Waals surface area contributed by atoms with E-state index in [1.54, 1.807) is 19.3 Å². The van der Waals surface area contributed by atoms with Crippen molar-refractivity contribution < 1.29 is 9.47 Å². The Morgan fingerprint density at radius 2 is 2.15 bits per heavy atom. The molecule has 0 aliphatic carbocycles. The summed E-state index contributed by atoms with van der Waals surface area (Å²) in [6.45, 7) is 5.37. The standard InChI is InChI=1S/C17H27Cl2N5O2.HI/c1-20-17(22-4-2-7-25-11-13-3-8-26-12-13)23-6-5-21-16-15(19)9-14(18)10-24-16;/h9-10,13H,2-8,11-12H2,1H3,(H,21,24)(H2,20,22,23);1H. The van der Waals surface area contributed by atoms with Gasteiger partial charge in [-0.1, -0.05) is 23.2 Å². The number of halogens is 3. The average molecular weight is 532 g/mol. The molecule has 1 aliphatic rings. The van der Waals surface area contributed by atoms with Gasteiger partial charge >= 0.3 is 0 Å². The second kappa shape index (κ2) is 14.4. The van der Waals surface area contributed by atoms with Crippen molar-refractivity contribution in [3.8, 4) is 0 Å². The van der Waals surface area contributed by atoms with Crippen molar-refractivity contribution in [2.75, 3.05) is 58.4 Å². The van der Waals surface area contributed by atoms with Gasteiger partial charge in [0, 0.05) is 52.0 Å². The largest absolute Gasteiger partial charge is 0.381 e. The Kier molecular flexibility index (Phi) is 13.1. The molecular formula is C17H28Cl2IN5O2. The maximum Gasteiger partial charge on any atom is 0.191 e. The lowest BCUT2D eigenvalue weighted by Gasteiger charge is -2.13. The van der Waals surface area contributed by atoms with Crippen molar-refractivity contribution in [1.29, 1.82) is 0 Å². The van der Waals surface area contributed by atoms with Gasteiger partial charge in [-0.25, -0.2) is 4.98 Å². The molecule has 1 aromatic rings. The molecule has 2 heterocycles. The van der Waals surface area contributed by atoms with Gasteiger partial charge in [-0.05, 0) is 18.9 Å². The minimum atomic E-state index is 0.